The smallest absolute Gasteiger partial charge is 0.340 e. The predicted octanol–water partition coefficient (Wildman–Crippen LogP) is 3.21. The van der Waals surface area contributed by atoms with Crippen LogP contribution < -0.4 is 10.6 Å². The average Bonchev–Trinajstić information content (AvgIpc) is 2.80. The highest BCUT2D eigenvalue weighted by atomic mass is 16.5. The van der Waals surface area contributed by atoms with Crippen molar-refractivity contribution in [3.05, 3.63) is 23.8 Å². The van der Waals surface area contributed by atoms with Gasteiger partial charge in [0, 0.05) is 17.8 Å². The van der Waals surface area contributed by atoms with Gasteiger partial charge in [-0.15, -0.1) is 0 Å². The third-order valence-electron chi connectivity index (χ3n) is 4.05. The van der Waals surface area contributed by atoms with E-state index in [-0.39, 0.29) is 5.97 Å². The summed E-state index contributed by atoms with van der Waals surface area (Å²) in [5, 5.41) is 0. The van der Waals surface area contributed by atoms with E-state index in [9.17, 15) is 4.79 Å². The Hall–Kier alpha value is -1.71. The lowest BCUT2D eigenvalue weighted by molar-refractivity contribution is 0.0527. The van der Waals surface area contributed by atoms with Gasteiger partial charge in [0.15, 0.2) is 0 Å². The molecule has 1 aliphatic heterocycles. The highest BCUT2D eigenvalue weighted by Gasteiger charge is 2.32. The fourth-order valence-electron chi connectivity index (χ4n) is 3.06. The first kappa shape index (κ1) is 14.7. The molecule has 1 saturated heterocycles. The molecule has 0 aromatic heterocycles. The molecule has 2 N–H and O–H groups in total. The van der Waals surface area contributed by atoms with Crippen LogP contribution in [-0.4, -0.2) is 24.7 Å². The molecule has 1 fully saturated rings. The minimum atomic E-state index is -0.288. The molecule has 4 heteroatoms. The van der Waals surface area contributed by atoms with Gasteiger partial charge in [-0.1, -0.05) is 6.92 Å². The first-order valence-corrected chi connectivity index (χ1v) is 7.43. The van der Waals surface area contributed by atoms with Gasteiger partial charge in [0.2, 0.25) is 0 Å². The molecule has 2 atom stereocenters. The lowest BCUT2D eigenvalue weighted by Gasteiger charge is -2.31. The topological polar surface area (TPSA) is 55.6 Å². The molecule has 0 amide bonds. The van der Waals surface area contributed by atoms with Gasteiger partial charge < -0.3 is 15.4 Å². The van der Waals surface area contributed by atoms with Crippen molar-refractivity contribution >= 4 is 17.3 Å². The molecule has 0 aliphatic carbocycles. The van der Waals surface area contributed by atoms with Gasteiger partial charge in [0.1, 0.15) is 0 Å². The lowest BCUT2D eigenvalue weighted by Crippen LogP contribution is -2.35. The van der Waals surface area contributed by atoms with Crippen molar-refractivity contribution in [1.29, 1.82) is 0 Å². The van der Waals surface area contributed by atoms with Crippen LogP contribution in [0.25, 0.3) is 0 Å². The van der Waals surface area contributed by atoms with Crippen molar-refractivity contribution in [1.82, 2.24) is 0 Å². The Kier molecular flexibility index (Phi) is 4.53. The van der Waals surface area contributed by atoms with Gasteiger partial charge in [0.25, 0.3) is 0 Å². The normalized spacial score (nSPS) is 22.1. The number of nitrogens with two attached hydrogens (primary N) is 1. The van der Waals surface area contributed by atoms with Crippen molar-refractivity contribution in [2.24, 2.45) is 0 Å². The Bertz CT molecular complexity index is 487. The van der Waals surface area contributed by atoms with Crippen LogP contribution in [0.2, 0.25) is 0 Å². The van der Waals surface area contributed by atoms with Crippen LogP contribution in [0.1, 0.15) is 50.4 Å². The number of rotatable bonds is 4. The summed E-state index contributed by atoms with van der Waals surface area (Å²) in [6.07, 6.45) is 3.41. The lowest BCUT2D eigenvalue weighted by atomic mass is 10.1. The SMILES string of the molecule is CCOC(=O)c1cc(N)ccc1N1C(C)CCC1CC. The van der Waals surface area contributed by atoms with E-state index in [1.165, 1.54) is 6.42 Å². The van der Waals surface area contributed by atoms with Crippen molar-refractivity contribution in [3.63, 3.8) is 0 Å². The number of carbonyl (C=O) groups is 1. The van der Waals surface area contributed by atoms with Gasteiger partial charge >= 0.3 is 5.97 Å². The van der Waals surface area contributed by atoms with Crippen LogP contribution in [0, 0.1) is 0 Å². The summed E-state index contributed by atoms with van der Waals surface area (Å²) in [4.78, 5) is 14.5. The summed E-state index contributed by atoms with van der Waals surface area (Å²) < 4.78 is 5.17. The third kappa shape index (κ3) is 2.74. The van der Waals surface area contributed by atoms with Crippen LogP contribution in [-0.2, 0) is 4.74 Å². The number of hydrogen-bond donors (Lipinski definition) is 1. The van der Waals surface area contributed by atoms with Gasteiger partial charge in [-0.05, 0) is 51.3 Å². The highest BCUT2D eigenvalue weighted by Crippen LogP contribution is 2.35. The quantitative estimate of drug-likeness (QED) is 0.677. The molecule has 0 spiro atoms. The highest BCUT2D eigenvalue weighted by molar-refractivity contribution is 5.97. The van der Waals surface area contributed by atoms with Gasteiger partial charge in [-0.25, -0.2) is 4.79 Å². The minimum Gasteiger partial charge on any atom is -0.462 e. The number of nitrogens with zero attached hydrogens (tertiary/aromatic N) is 1. The first-order valence-electron chi connectivity index (χ1n) is 7.43. The molecular weight excluding hydrogens is 252 g/mol. The zero-order valence-corrected chi connectivity index (χ0v) is 12.6. The Balaban J connectivity index is 2.42. The number of carbonyl (C=O) groups excluding carboxylic acids is 1. The van der Waals surface area contributed by atoms with Gasteiger partial charge in [-0.3, -0.25) is 0 Å². The predicted molar refractivity (Wildman–Crippen MR) is 82.1 cm³/mol. The molecule has 110 valence electrons. The van der Waals surface area contributed by atoms with Crippen LogP contribution in [0.4, 0.5) is 11.4 Å². The standard InChI is InChI=1S/C16H24N2O2/c1-4-13-8-6-11(3)18(13)15-9-7-12(17)10-14(15)16(19)20-5-2/h7,9-11,13H,4-6,8,17H2,1-3H3. The van der Waals surface area contributed by atoms with Crippen molar-refractivity contribution in [2.45, 2.75) is 52.1 Å². The molecule has 1 aliphatic rings. The van der Waals surface area contributed by atoms with E-state index in [1.807, 2.05) is 19.1 Å². The number of benzene rings is 1. The van der Waals surface area contributed by atoms with Crippen molar-refractivity contribution < 1.29 is 9.53 Å². The summed E-state index contributed by atoms with van der Waals surface area (Å²) >= 11 is 0. The van der Waals surface area contributed by atoms with Gasteiger partial charge in [0.05, 0.1) is 17.9 Å². The molecule has 0 radical (unpaired) electrons. The maximum Gasteiger partial charge on any atom is 0.340 e. The molecule has 4 nitrogen and oxygen atoms in total. The number of esters is 1. The average molecular weight is 276 g/mol. The Morgan fingerprint density at radius 3 is 2.80 bits per heavy atom. The molecule has 2 unspecified atom stereocenters. The molecule has 0 saturated carbocycles. The molecular formula is C16H24N2O2. The Labute approximate surface area is 120 Å². The van der Waals surface area contributed by atoms with Crippen LogP contribution in [0.3, 0.4) is 0 Å². The van der Waals surface area contributed by atoms with Crippen molar-refractivity contribution in [3.8, 4) is 0 Å². The number of anilines is 2. The second-order valence-corrected chi connectivity index (χ2v) is 5.39. The Morgan fingerprint density at radius 1 is 1.40 bits per heavy atom. The number of nitrogen functional groups attached to an aromatic ring is 1. The van der Waals surface area contributed by atoms with Gasteiger partial charge in [-0.2, -0.15) is 0 Å². The summed E-state index contributed by atoms with van der Waals surface area (Å²) in [6.45, 7) is 6.59. The van der Waals surface area contributed by atoms with E-state index < -0.39 is 0 Å². The number of hydrogen-bond acceptors (Lipinski definition) is 4. The summed E-state index contributed by atoms with van der Waals surface area (Å²) in [6, 6.07) is 6.46. The summed E-state index contributed by atoms with van der Waals surface area (Å²) in [5.74, 6) is -0.288. The number of ether oxygens (including phenoxy) is 1. The minimum absolute atomic E-state index is 0.288. The maximum absolute atomic E-state index is 12.2. The maximum atomic E-state index is 12.2. The van der Waals surface area contributed by atoms with E-state index in [0.717, 1.165) is 18.5 Å². The fraction of sp³-hybridized carbons (Fsp3) is 0.562. The van der Waals surface area contributed by atoms with E-state index in [1.54, 1.807) is 6.07 Å². The largest absolute Gasteiger partial charge is 0.462 e. The van der Waals surface area contributed by atoms with E-state index in [0.29, 0.717) is 29.9 Å². The molecule has 0 bridgehead atoms. The van der Waals surface area contributed by atoms with Crippen LogP contribution >= 0.6 is 0 Å². The van der Waals surface area contributed by atoms with Crippen LogP contribution in [0.5, 0.6) is 0 Å². The molecule has 1 heterocycles. The van der Waals surface area contributed by atoms with E-state index in [2.05, 4.69) is 18.7 Å². The first-order chi connectivity index (χ1) is 9.58. The molecule has 1 aromatic rings. The molecule has 20 heavy (non-hydrogen) atoms. The van der Waals surface area contributed by atoms with Crippen LogP contribution in [0.15, 0.2) is 18.2 Å². The summed E-state index contributed by atoms with van der Waals surface area (Å²) in [7, 11) is 0. The third-order valence-corrected chi connectivity index (χ3v) is 4.05. The summed E-state index contributed by atoms with van der Waals surface area (Å²) in [5.41, 5.74) is 7.97. The zero-order valence-electron chi connectivity index (χ0n) is 12.6. The van der Waals surface area contributed by atoms with E-state index in [4.69, 9.17) is 10.5 Å². The van der Waals surface area contributed by atoms with Crippen molar-refractivity contribution in [2.75, 3.05) is 17.2 Å². The fourth-order valence-corrected chi connectivity index (χ4v) is 3.06. The second kappa shape index (κ2) is 6.16. The second-order valence-electron chi connectivity index (χ2n) is 5.39. The zero-order chi connectivity index (χ0) is 14.7. The molecule has 1 aromatic carbocycles. The Morgan fingerprint density at radius 2 is 2.15 bits per heavy atom. The molecule has 2 rings (SSSR count). The monoisotopic (exact) mass is 276 g/mol. The van der Waals surface area contributed by atoms with E-state index >= 15 is 0 Å².